The van der Waals surface area contributed by atoms with Crippen LogP contribution in [0.15, 0.2) is 29.2 Å². The van der Waals surface area contributed by atoms with Gasteiger partial charge in [0, 0.05) is 6.92 Å². The quantitative estimate of drug-likeness (QED) is 0.791. The number of rotatable bonds is 2. The second-order valence-corrected chi connectivity index (χ2v) is 4.66. The molecule has 0 aromatic heterocycles. The second kappa shape index (κ2) is 3.79. The van der Waals surface area contributed by atoms with Crippen molar-refractivity contribution in [1.82, 2.24) is 4.72 Å². The van der Waals surface area contributed by atoms with E-state index < -0.39 is 15.9 Å². The highest BCUT2D eigenvalue weighted by atomic mass is 32.2. The first-order valence-corrected chi connectivity index (χ1v) is 5.50. The second-order valence-electron chi connectivity index (χ2n) is 2.97. The van der Waals surface area contributed by atoms with E-state index in [1.54, 1.807) is 12.1 Å². The molecule has 0 fully saturated rings. The Kier molecular flexibility index (Phi) is 2.90. The van der Waals surface area contributed by atoms with Crippen molar-refractivity contribution in [3.63, 3.8) is 0 Å². The fraction of sp³-hybridized carbons (Fsp3) is 0.222. The van der Waals surface area contributed by atoms with E-state index in [1.807, 2.05) is 11.6 Å². The molecule has 76 valence electrons. The van der Waals surface area contributed by atoms with Gasteiger partial charge in [0.25, 0.3) is 10.0 Å². The van der Waals surface area contributed by atoms with Crippen LogP contribution >= 0.6 is 0 Å². The Labute approximate surface area is 83.0 Å². The lowest BCUT2D eigenvalue weighted by molar-refractivity contribution is -0.117. The van der Waals surface area contributed by atoms with Crippen LogP contribution in [0.5, 0.6) is 0 Å². The molecule has 0 unspecified atom stereocenters. The third kappa shape index (κ3) is 2.56. The zero-order valence-corrected chi connectivity index (χ0v) is 8.76. The van der Waals surface area contributed by atoms with E-state index in [1.165, 1.54) is 12.1 Å². The van der Waals surface area contributed by atoms with Crippen molar-refractivity contribution in [1.29, 1.82) is 0 Å². The summed E-state index contributed by atoms with van der Waals surface area (Å²) < 4.78 is 24.7. The third-order valence-electron chi connectivity index (χ3n) is 1.61. The Morgan fingerprint density at radius 1 is 1.21 bits per heavy atom. The summed E-state index contributed by atoms with van der Waals surface area (Å²) in [6.45, 7) is 3.01. The Hall–Kier alpha value is -1.36. The van der Waals surface area contributed by atoms with Gasteiger partial charge in [-0.2, -0.15) is 0 Å². The standard InChI is InChI=1S/C9H11NO3S/c1-7-3-5-9(6-4-7)14(12,13)10-8(2)11/h3-6H,1-2H3,(H,10,11). The predicted octanol–water partition coefficient (Wildman–Crippen LogP) is 0.820. The minimum Gasteiger partial charge on any atom is -0.274 e. The third-order valence-corrected chi connectivity index (χ3v) is 3.06. The van der Waals surface area contributed by atoms with Crippen molar-refractivity contribution in [2.24, 2.45) is 0 Å². The number of hydrogen-bond donors (Lipinski definition) is 1. The molecule has 1 aromatic carbocycles. The summed E-state index contributed by atoms with van der Waals surface area (Å²) in [6.07, 6.45) is 0. The van der Waals surface area contributed by atoms with Crippen LogP contribution in [0.4, 0.5) is 0 Å². The first kappa shape index (κ1) is 10.7. The zero-order chi connectivity index (χ0) is 10.8. The van der Waals surface area contributed by atoms with Crippen molar-refractivity contribution in [3.05, 3.63) is 29.8 Å². The van der Waals surface area contributed by atoms with Gasteiger partial charge in [-0.15, -0.1) is 0 Å². The number of nitrogens with one attached hydrogen (secondary N) is 1. The SMILES string of the molecule is CC(=O)NS(=O)(=O)c1ccc(C)cc1. The van der Waals surface area contributed by atoms with Gasteiger partial charge >= 0.3 is 0 Å². The maximum atomic E-state index is 11.4. The molecule has 0 spiro atoms. The van der Waals surface area contributed by atoms with Crippen LogP contribution in [0.25, 0.3) is 0 Å². The molecule has 0 saturated heterocycles. The largest absolute Gasteiger partial charge is 0.274 e. The highest BCUT2D eigenvalue weighted by Gasteiger charge is 2.14. The smallest absolute Gasteiger partial charge is 0.264 e. The molecular weight excluding hydrogens is 202 g/mol. The molecule has 0 aliphatic heterocycles. The van der Waals surface area contributed by atoms with Gasteiger partial charge in [0.15, 0.2) is 0 Å². The molecule has 1 amide bonds. The number of aryl methyl sites for hydroxylation is 1. The summed E-state index contributed by atoms with van der Waals surface area (Å²) in [4.78, 5) is 10.7. The van der Waals surface area contributed by atoms with Gasteiger partial charge in [-0.05, 0) is 19.1 Å². The van der Waals surface area contributed by atoms with Crippen molar-refractivity contribution in [2.45, 2.75) is 18.7 Å². The maximum Gasteiger partial charge on any atom is 0.264 e. The molecule has 0 bridgehead atoms. The van der Waals surface area contributed by atoms with Crippen LogP contribution in [0.3, 0.4) is 0 Å². The number of hydrogen-bond acceptors (Lipinski definition) is 3. The van der Waals surface area contributed by atoms with Crippen molar-refractivity contribution < 1.29 is 13.2 Å². The Bertz CT molecular complexity index is 434. The summed E-state index contributed by atoms with van der Waals surface area (Å²) in [5.74, 6) is -0.592. The van der Waals surface area contributed by atoms with Gasteiger partial charge in [0.2, 0.25) is 5.91 Å². The Morgan fingerprint density at radius 2 is 1.71 bits per heavy atom. The molecule has 1 N–H and O–H groups in total. The summed E-state index contributed by atoms with van der Waals surface area (Å²) in [6, 6.07) is 6.27. The number of sulfonamides is 1. The van der Waals surface area contributed by atoms with E-state index in [-0.39, 0.29) is 4.90 Å². The number of carbonyl (C=O) groups is 1. The van der Waals surface area contributed by atoms with Gasteiger partial charge in [-0.1, -0.05) is 17.7 Å². The summed E-state index contributed by atoms with van der Waals surface area (Å²) >= 11 is 0. The molecule has 0 aliphatic carbocycles. The number of carbonyl (C=O) groups excluding carboxylic acids is 1. The first-order valence-electron chi connectivity index (χ1n) is 4.02. The topological polar surface area (TPSA) is 63.2 Å². The van der Waals surface area contributed by atoms with Gasteiger partial charge in [-0.25, -0.2) is 13.1 Å². The van der Waals surface area contributed by atoms with Gasteiger partial charge in [0.05, 0.1) is 4.90 Å². The Morgan fingerprint density at radius 3 is 2.14 bits per heavy atom. The van der Waals surface area contributed by atoms with E-state index >= 15 is 0 Å². The van der Waals surface area contributed by atoms with E-state index in [4.69, 9.17) is 0 Å². The van der Waals surface area contributed by atoms with Gasteiger partial charge in [-0.3, -0.25) is 4.79 Å². The van der Waals surface area contributed by atoms with E-state index in [0.29, 0.717) is 0 Å². The molecule has 0 radical (unpaired) electrons. The molecule has 0 aliphatic rings. The minimum atomic E-state index is -3.68. The van der Waals surface area contributed by atoms with E-state index in [9.17, 15) is 13.2 Å². The monoisotopic (exact) mass is 213 g/mol. The minimum absolute atomic E-state index is 0.0956. The molecule has 5 heteroatoms. The average Bonchev–Trinajstić information content (AvgIpc) is 2.02. The summed E-state index contributed by atoms with van der Waals surface area (Å²) in [7, 11) is -3.68. The highest BCUT2D eigenvalue weighted by molar-refractivity contribution is 7.90. The van der Waals surface area contributed by atoms with Gasteiger partial charge in [0.1, 0.15) is 0 Å². The molecular formula is C9H11NO3S. The molecule has 4 nitrogen and oxygen atoms in total. The van der Waals surface area contributed by atoms with Crippen LogP contribution < -0.4 is 4.72 Å². The molecule has 14 heavy (non-hydrogen) atoms. The van der Waals surface area contributed by atoms with Crippen LogP contribution in [0.1, 0.15) is 12.5 Å². The number of amides is 1. The van der Waals surface area contributed by atoms with Crippen LogP contribution in [0, 0.1) is 6.92 Å². The lowest BCUT2D eigenvalue weighted by atomic mass is 10.2. The summed E-state index contributed by atoms with van der Waals surface area (Å²) in [5.41, 5.74) is 0.965. The Balaban J connectivity index is 3.05. The van der Waals surface area contributed by atoms with Crippen LogP contribution in [-0.4, -0.2) is 14.3 Å². The van der Waals surface area contributed by atoms with Crippen molar-refractivity contribution >= 4 is 15.9 Å². The molecule has 0 heterocycles. The van der Waals surface area contributed by atoms with Crippen molar-refractivity contribution in [2.75, 3.05) is 0 Å². The molecule has 1 rings (SSSR count). The normalized spacial score (nSPS) is 11.0. The van der Waals surface area contributed by atoms with Gasteiger partial charge < -0.3 is 0 Å². The van der Waals surface area contributed by atoms with E-state index in [2.05, 4.69) is 0 Å². The lowest BCUT2D eigenvalue weighted by Crippen LogP contribution is -2.28. The number of benzene rings is 1. The van der Waals surface area contributed by atoms with Crippen LogP contribution in [-0.2, 0) is 14.8 Å². The molecule has 1 aromatic rings. The molecule has 0 atom stereocenters. The average molecular weight is 213 g/mol. The summed E-state index contributed by atoms with van der Waals surface area (Å²) in [5, 5.41) is 0. The van der Waals surface area contributed by atoms with Crippen molar-refractivity contribution in [3.8, 4) is 0 Å². The predicted molar refractivity (Wildman–Crippen MR) is 52.2 cm³/mol. The first-order chi connectivity index (χ1) is 6.42. The fourth-order valence-electron chi connectivity index (χ4n) is 0.966. The lowest BCUT2D eigenvalue weighted by Gasteiger charge is -2.04. The van der Waals surface area contributed by atoms with Crippen LogP contribution in [0.2, 0.25) is 0 Å². The highest BCUT2D eigenvalue weighted by Crippen LogP contribution is 2.09. The maximum absolute atomic E-state index is 11.4. The zero-order valence-electron chi connectivity index (χ0n) is 7.94. The van der Waals surface area contributed by atoms with E-state index in [0.717, 1.165) is 12.5 Å². The molecule has 0 saturated carbocycles. The fourth-order valence-corrected chi connectivity index (χ4v) is 1.96.